The van der Waals surface area contributed by atoms with Gasteiger partial charge in [0.1, 0.15) is 11.7 Å². The summed E-state index contributed by atoms with van der Waals surface area (Å²) in [5, 5.41) is 10.1. The second kappa shape index (κ2) is 2.17. The lowest BCUT2D eigenvalue weighted by Gasteiger charge is -1.93. The van der Waals surface area contributed by atoms with Crippen molar-refractivity contribution in [1.29, 1.82) is 0 Å². The Hall–Kier alpha value is -0.860. The third-order valence-electron chi connectivity index (χ3n) is 1.59. The SMILES string of the molecule is [O]C(=O)C1CCCC1=O. The first kappa shape index (κ1) is 6.26. The molecule has 1 aliphatic rings. The fourth-order valence-corrected chi connectivity index (χ4v) is 1.06. The molecule has 0 N–H and O–H groups in total. The minimum atomic E-state index is -1.21. The highest BCUT2D eigenvalue weighted by Gasteiger charge is 2.31. The first-order valence-corrected chi connectivity index (χ1v) is 2.95. The molecule has 0 amide bonds. The van der Waals surface area contributed by atoms with Crippen LogP contribution in [-0.4, -0.2) is 11.8 Å². The molecule has 49 valence electrons. The number of carbonyl (C=O) groups is 2. The lowest BCUT2D eigenvalue weighted by Crippen LogP contribution is -2.15. The van der Waals surface area contributed by atoms with E-state index in [4.69, 9.17) is 0 Å². The van der Waals surface area contributed by atoms with Crippen LogP contribution in [0.25, 0.3) is 0 Å². The van der Waals surface area contributed by atoms with Crippen LogP contribution >= 0.6 is 0 Å². The van der Waals surface area contributed by atoms with Crippen LogP contribution in [0.5, 0.6) is 0 Å². The van der Waals surface area contributed by atoms with Crippen molar-refractivity contribution in [2.45, 2.75) is 19.3 Å². The summed E-state index contributed by atoms with van der Waals surface area (Å²) >= 11 is 0. The second-order valence-electron chi connectivity index (χ2n) is 2.23. The van der Waals surface area contributed by atoms with E-state index in [1.165, 1.54) is 0 Å². The predicted molar refractivity (Wildman–Crippen MR) is 28.0 cm³/mol. The van der Waals surface area contributed by atoms with Gasteiger partial charge in [0, 0.05) is 6.42 Å². The van der Waals surface area contributed by atoms with Crippen molar-refractivity contribution in [2.75, 3.05) is 0 Å². The second-order valence-corrected chi connectivity index (χ2v) is 2.23. The molecule has 1 atom stereocenters. The summed E-state index contributed by atoms with van der Waals surface area (Å²) in [6.45, 7) is 0. The Morgan fingerprint density at radius 1 is 1.56 bits per heavy atom. The van der Waals surface area contributed by atoms with Gasteiger partial charge in [0.25, 0.3) is 0 Å². The first-order valence-electron chi connectivity index (χ1n) is 2.95. The molecule has 1 aliphatic carbocycles. The van der Waals surface area contributed by atoms with Crippen LogP contribution in [0.2, 0.25) is 0 Å². The van der Waals surface area contributed by atoms with E-state index in [9.17, 15) is 14.7 Å². The van der Waals surface area contributed by atoms with Crippen molar-refractivity contribution in [3.63, 3.8) is 0 Å². The molecule has 0 heterocycles. The summed E-state index contributed by atoms with van der Waals surface area (Å²) in [7, 11) is 0. The Morgan fingerprint density at radius 3 is 2.44 bits per heavy atom. The highest BCUT2D eigenvalue weighted by atomic mass is 16.4. The van der Waals surface area contributed by atoms with Crippen molar-refractivity contribution < 1.29 is 14.7 Å². The summed E-state index contributed by atoms with van der Waals surface area (Å²) < 4.78 is 0. The van der Waals surface area contributed by atoms with E-state index in [2.05, 4.69) is 0 Å². The summed E-state index contributed by atoms with van der Waals surface area (Å²) in [5.74, 6) is -2.18. The van der Waals surface area contributed by atoms with E-state index in [0.717, 1.165) is 0 Å². The maximum absolute atomic E-state index is 10.6. The number of Topliss-reactive ketones (excluding diaryl/α,β-unsaturated/α-hetero) is 1. The summed E-state index contributed by atoms with van der Waals surface area (Å²) in [5.41, 5.74) is 0. The summed E-state index contributed by atoms with van der Waals surface area (Å²) in [6.07, 6.45) is 1.59. The van der Waals surface area contributed by atoms with Gasteiger partial charge < -0.3 is 0 Å². The lowest BCUT2D eigenvalue weighted by atomic mass is 10.1. The summed E-state index contributed by atoms with van der Waals surface area (Å²) in [6, 6.07) is 0. The molecule has 0 aromatic rings. The van der Waals surface area contributed by atoms with Crippen molar-refractivity contribution in [1.82, 2.24) is 0 Å². The van der Waals surface area contributed by atoms with Crippen LogP contribution in [-0.2, 0) is 14.7 Å². The van der Waals surface area contributed by atoms with Gasteiger partial charge in [-0.15, -0.1) is 0 Å². The molecule has 1 unspecified atom stereocenters. The zero-order valence-electron chi connectivity index (χ0n) is 4.92. The molecule has 0 aromatic carbocycles. The third kappa shape index (κ3) is 1.09. The van der Waals surface area contributed by atoms with Gasteiger partial charge in [0.05, 0.1) is 0 Å². The van der Waals surface area contributed by atoms with Crippen molar-refractivity contribution >= 4 is 11.8 Å². The molecule has 3 heteroatoms. The number of ketones is 1. The maximum Gasteiger partial charge on any atom is 0.365 e. The molecule has 1 rings (SSSR count). The number of hydrogen-bond acceptors (Lipinski definition) is 2. The van der Waals surface area contributed by atoms with E-state index < -0.39 is 11.9 Å². The normalized spacial score (nSPS) is 26.7. The Bertz CT molecular complexity index is 150. The van der Waals surface area contributed by atoms with Gasteiger partial charge in [-0.1, -0.05) is 0 Å². The molecule has 1 saturated carbocycles. The molecule has 1 fully saturated rings. The van der Waals surface area contributed by atoms with Gasteiger partial charge in [-0.2, -0.15) is 0 Å². The zero-order valence-corrected chi connectivity index (χ0v) is 4.92. The highest BCUT2D eigenvalue weighted by Crippen LogP contribution is 2.20. The van der Waals surface area contributed by atoms with Crippen LogP contribution in [0.3, 0.4) is 0 Å². The Kier molecular flexibility index (Phi) is 1.51. The average Bonchev–Trinajstić information content (AvgIpc) is 2.13. The highest BCUT2D eigenvalue weighted by molar-refractivity contribution is 5.99. The van der Waals surface area contributed by atoms with Crippen LogP contribution in [0, 0.1) is 5.92 Å². The van der Waals surface area contributed by atoms with Gasteiger partial charge in [0.2, 0.25) is 0 Å². The van der Waals surface area contributed by atoms with Gasteiger partial charge in [-0.25, -0.2) is 9.90 Å². The van der Waals surface area contributed by atoms with Crippen LogP contribution < -0.4 is 0 Å². The number of rotatable bonds is 1. The van der Waals surface area contributed by atoms with Gasteiger partial charge in [0.15, 0.2) is 0 Å². The van der Waals surface area contributed by atoms with Crippen molar-refractivity contribution in [3.05, 3.63) is 0 Å². The Labute approximate surface area is 52.7 Å². The van der Waals surface area contributed by atoms with Crippen LogP contribution in [0.4, 0.5) is 0 Å². The third-order valence-corrected chi connectivity index (χ3v) is 1.59. The zero-order chi connectivity index (χ0) is 6.85. The van der Waals surface area contributed by atoms with E-state index in [-0.39, 0.29) is 5.78 Å². The molecule has 0 bridgehead atoms. The Balaban J connectivity index is 2.60. The Morgan fingerprint density at radius 2 is 2.22 bits per heavy atom. The quantitative estimate of drug-likeness (QED) is 0.476. The minimum absolute atomic E-state index is 0.171. The average molecular weight is 127 g/mol. The van der Waals surface area contributed by atoms with E-state index >= 15 is 0 Å². The van der Waals surface area contributed by atoms with E-state index in [1.807, 2.05) is 0 Å². The fraction of sp³-hybridized carbons (Fsp3) is 0.667. The number of hydrogen-bond donors (Lipinski definition) is 0. The molecule has 0 aliphatic heterocycles. The van der Waals surface area contributed by atoms with Crippen LogP contribution in [0.15, 0.2) is 0 Å². The lowest BCUT2D eigenvalue weighted by molar-refractivity contribution is -0.150. The smallest absolute Gasteiger partial charge is 0.299 e. The van der Waals surface area contributed by atoms with E-state index in [0.29, 0.717) is 19.3 Å². The van der Waals surface area contributed by atoms with Crippen LogP contribution in [0.1, 0.15) is 19.3 Å². The predicted octanol–water partition coefficient (Wildman–Crippen LogP) is 0.313. The fourth-order valence-electron chi connectivity index (χ4n) is 1.06. The maximum atomic E-state index is 10.6. The van der Waals surface area contributed by atoms with Gasteiger partial charge in [-0.05, 0) is 12.8 Å². The molecule has 1 radical (unpaired) electrons. The molecular weight excluding hydrogens is 120 g/mol. The monoisotopic (exact) mass is 127 g/mol. The largest absolute Gasteiger partial charge is 0.365 e. The summed E-state index contributed by atoms with van der Waals surface area (Å²) in [4.78, 5) is 20.7. The molecule has 0 spiro atoms. The number of carbonyl (C=O) groups excluding carboxylic acids is 2. The topological polar surface area (TPSA) is 54.0 Å². The standard InChI is InChI=1S/C6H7O3/c7-5-3-1-2-4(5)6(8)9/h4H,1-3H2. The molecule has 9 heavy (non-hydrogen) atoms. The van der Waals surface area contributed by atoms with E-state index in [1.54, 1.807) is 0 Å². The molecule has 3 nitrogen and oxygen atoms in total. The molecular formula is C6H7O3. The van der Waals surface area contributed by atoms with Gasteiger partial charge in [-0.3, -0.25) is 4.79 Å². The molecule has 0 saturated heterocycles. The van der Waals surface area contributed by atoms with Crippen molar-refractivity contribution in [3.8, 4) is 0 Å². The molecule has 0 aromatic heterocycles. The minimum Gasteiger partial charge on any atom is -0.299 e. The van der Waals surface area contributed by atoms with Gasteiger partial charge >= 0.3 is 5.97 Å². The first-order chi connectivity index (χ1) is 4.22. The van der Waals surface area contributed by atoms with Crippen molar-refractivity contribution in [2.24, 2.45) is 5.92 Å².